The van der Waals surface area contributed by atoms with Gasteiger partial charge in [-0.3, -0.25) is 4.79 Å². The number of hydrogen-bond donors (Lipinski definition) is 1. The molecule has 1 saturated heterocycles. The summed E-state index contributed by atoms with van der Waals surface area (Å²) in [5, 5.41) is 0. The standard InChI is InChI=1S/C14H20N2O2/c1-3-14(15)9-16(10-14)13(17)12(18-2)11-7-5-4-6-8-11/h4-8,12H,3,9-10,15H2,1-2H3. The number of carbonyl (C=O) groups excluding carboxylic acids is 1. The first-order chi connectivity index (χ1) is 8.59. The lowest BCUT2D eigenvalue weighted by Gasteiger charge is -2.48. The van der Waals surface area contributed by atoms with Crippen LogP contribution in [0.4, 0.5) is 0 Å². The highest BCUT2D eigenvalue weighted by Gasteiger charge is 2.42. The van der Waals surface area contributed by atoms with Gasteiger partial charge in [-0.15, -0.1) is 0 Å². The normalized spacial score (nSPS) is 19.2. The Kier molecular flexibility index (Phi) is 3.68. The van der Waals surface area contributed by atoms with E-state index in [1.807, 2.05) is 37.3 Å². The highest BCUT2D eigenvalue weighted by molar-refractivity contribution is 5.83. The number of methoxy groups -OCH3 is 1. The number of carbonyl (C=O) groups is 1. The van der Waals surface area contributed by atoms with Crippen LogP contribution in [0.5, 0.6) is 0 Å². The maximum atomic E-state index is 12.3. The van der Waals surface area contributed by atoms with Gasteiger partial charge in [0.2, 0.25) is 0 Å². The van der Waals surface area contributed by atoms with Crippen molar-refractivity contribution in [1.29, 1.82) is 0 Å². The van der Waals surface area contributed by atoms with Crippen LogP contribution in [0.3, 0.4) is 0 Å². The van der Waals surface area contributed by atoms with Crippen molar-refractivity contribution in [1.82, 2.24) is 4.90 Å². The molecule has 0 aliphatic carbocycles. The summed E-state index contributed by atoms with van der Waals surface area (Å²) in [4.78, 5) is 14.1. The van der Waals surface area contributed by atoms with Crippen LogP contribution in [0, 0.1) is 0 Å². The van der Waals surface area contributed by atoms with E-state index in [1.54, 1.807) is 12.0 Å². The highest BCUT2D eigenvalue weighted by atomic mass is 16.5. The molecule has 0 aromatic heterocycles. The summed E-state index contributed by atoms with van der Waals surface area (Å²) in [6, 6.07) is 9.54. The third kappa shape index (κ3) is 2.40. The quantitative estimate of drug-likeness (QED) is 0.874. The van der Waals surface area contributed by atoms with Gasteiger partial charge in [-0.25, -0.2) is 0 Å². The van der Waals surface area contributed by atoms with Gasteiger partial charge < -0.3 is 15.4 Å². The molecule has 2 rings (SSSR count). The predicted octanol–water partition coefficient (Wildman–Crippen LogP) is 1.32. The summed E-state index contributed by atoms with van der Waals surface area (Å²) in [5.41, 5.74) is 6.76. The first-order valence-electron chi connectivity index (χ1n) is 6.25. The minimum absolute atomic E-state index is 0.00164. The van der Waals surface area contributed by atoms with Crippen molar-refractivity contribution in [2.75, 3.05) is 20.2 Å². The Morgan fingerprint density at radius 1 is 1.44 bits per heavy atom. The van der Waals surface area contributed by atoms with Gasteiger partial charge in [0, 0.05) is 20.2 Å². The fraction of sp³-hybridized carbons (Fsp3) is 0.500. The van der Waals surface area contributed by atoms with E-state index in [0.29, 0.717) is 13.1 Å². The Balaban J connectivity index is 2.05. The third-order valence-electron chi connectivity index (χ3n) is 3.59. The zero-order chi connectivity index (χ0) is 13.2. The smallest absolute Gasteiger partial charge is 0.256 e. The van der Waals surface area contributed by atoms with E-state index in [-0.39, 0.29) is 11.4 Å². The minimum Gasteiger partial charge on any atom is -0.367 e. The molecule has 4 heteroatoms. The van der Waals surface area contributed by atoms with E-state index in [4.69, 9.17) is 10.5 Å². The van der Waals surface area contributed by atoms with E-state index < -0.39 is 6.10 Å². The SMILES string of the molecule is CCC1(N)CN(C(=O)C(OC)c2ccccc2)C1. The molecule has 18 heavy (non-hydrogen) atoms. The summed E-state index contributed by atoms with van der Waals surface area (Å²) in [7, 11) is 1.56. The van der Waals surface area contributed by atoms with Crippen LogP contribution < -0.4 is 5.73 Å². The number of ether oxygens (including phenoxy) is 1. The molecule has 1 amide bonds. The Hall–Kier alpha value is -1.39. The van der Waals surface area contributed by atoms with Gasteiger partial charge in [0.25, 0.3) is 5.91 Å². The molecular formula is C14H20N2O2. The molecule has 1 aromatic rings. The van der Waals surface area contributed by atoms with Crippen LogP contribution in [0.25, 0.3) is 0 Å². The number of benzene rings is 1. The molecule has 1 atom stereocenters. The number of amides is 1. The van der Waals surface area contributed by atoms with Crippen molar-refractivity contribution in [2.24, 2.45) is 5.73 Å². The molecule has 1 aromatic carbocycles. The molecule has 1 heterocycles. The predicted molar refractivity (Wildman–Crippen MR) is 70.0 cm³/mol. The van der Waals surface area contributed by atoms with Gasteiger partial charge in [-0.1, -0.05) is 37.3 Å². The second kappa shape index (κ2) is 5.08. The van der Waals surface area contributed by atoms with Gasteiger partial charge in [-0.2, -0.15) is 0 Å². The fourth-order valence-corrected chi connectivity index (χ4v) is 2.27. The lowest BCUT2D eigenvalue weighted by Crippen LogP contribution is -2.68. The molecule has 4 nitrogen and oxygen atoms in total. The monoisotopic (exact) mass is 248 g/mol. The average Bonchev–Trinajstić information content (AvgIpc) is 2.37. The molecule has 0 saturated carbocycles. The minimum atomic E-state index is -0.521. The molecule has 1 unspecified atom stereocenters. The van der Waals surface area contributed by atoms with Crippen molar-refractivity contribution in [3.63, 3.8) is 0 Å². The van der Waals surface area contributed by atoms with Gasteiger partial charge >= 0.3 is 0 Å². The third-order valence-corrected chi connectivity index (χ3v) is 3.59. The average molecular weight is 248 g/mol. The Bertz CT molecular complexity index is 413. The van der Waals surface area contributed by atoms with Crippen molar-refractivity contribution in [3.05, 3.63) is 35.9 Å². The van der Waals surface area contributed by atoms with Crippen molar-refractivity contribution in [2.45, 2.75) is 25.0 Å². The lowest BCUT2D eigenvalue weighted by molar-refractivity contribution is -0.150. The Morgan fingerprint density at radius 2 is 2.06 bits per heavy atom. The Morgan fingerprint density at radius 3 is 2.56 bits per heavy atom. The molecule has 0 spiro atoms. The first kappa shape index (κ1) is 13.1. The zero-order valence-electron chi connectivity index (χ0n) is 10.9. The summed E-state index contributed by atoms with van der Waals surface area (Å²) in [6.45, 7) is 3.29. The summed E-state index contributed by atoms with van der Waals surface area (Å²) < 4.78 is 5.32. The maximum Gasteiger partial charge on any atom is 0.256 e. The summed E-state index contributed by atoms with van der Waals surface area (Å²) >= 11 is 0. The molecule has 1 aliphatic rings. The van der Waals surface area contributed by atoms with Crippen LogP contribution >= 0.6 is 0 Å². The van der Waals surface area contributed by atoms with Crippen molar-refractivity contribution in [3.8, 4) is 0 Å². The summed E-state index contributed by atoms with van der Waals surface area (Å²) in [5.74, 6) is -0.00164. The molecule has 98 valence electrons. The van der Waals surface area contributed by atoms with E-state index in [9.17, 15) is 4.79 Å². The number of nitrogens with two attached hydrogens (primary N) is 1. The van der Waals surface area contributed by atoms with Crippen LogP contribution in [0.1, 0.15) is 25.0 Å². The van der Waals surface area contributed by atoms with Crippen molar-refractivity contribution >= 4 is 5.91 Å². The van der Waals surface area contributed by atoms with Gasteiger partial charge in [0.1, 0.15) is 0 Å². The molecule has 1 aliphatic heterocycles. The van der Waals surface area contributed by atoms with Crippen LogP contribution in [-0.2, 0) is 9.53 Å². The van der Waals surface area contributed by atoms with E-state index in [2.05, 4.69) is 0 Å². The first-order valence-corrected chi connectivity index (χ1v) is 6.25. The summed E-state index contributed by atoms with van der Waals surface area (Å²) in [6.07, 6.45) is 0.368. The van der Waals surface area contributed by atoms with Gasteiger partial charge in [-0.05, 0) is 12.0 Å². The topological polar surface area (TPSA) is 55.6 Å². The largest absolute Gasteiger partial charge is 0.367 e. The lowest BCUT2D eigenvalue weighted by atomic mass is 9.87. The fourth-order valence-electron chi connectivity index (χ4n) is 2.27. The molecule has 0 bridgehead atoms. The zero-order valence-corrected chi connectivity index (χ0v) is 10.9. The van der Waals surface area contributed by atoms with Crippen LogP contribution in [0.15, 0.2) is 30.3 Å². The second-order valence-corrected chi connectivity index (χ2v) is 4.94. The molecule has 2 N–H and O–H groups in total. The van der Waals surface area contributed by atoms with Gasteiger partial charge in [0.05, 0.1) is 5.54 Å². The van der Waals surface area contributed by atoms with E-state index in [1.165, 1.54) is 0 Å². The van der Waals surface area contributed by atoms with Gasteiger partial charge in [0.15, 0.2) is 6.10 Å². The number of nitrogens with zero attached hydrogens (tertiary/aromatic N) is 1. The number of likely N-dealkylation sites (tertiary alicyclic amines) is 1. The molecule has 0 radical (unpaired) electrons. The molecule has 1 fully saturated rings. The Labute approximate surface area is 108 Å². The van der Waals surface area contributed by atoms with E-state index in [0.717, 1.165) is 12.0 Å². The van der Waals surface area contributed by atoms with Crippen LogP contribution in [0.2, 0.25) is 0 Å². The number of hydrogen-bond acceptors (Lipinski definition) is 3. The van der Waals surface area contributed by atoms with Crippen molar-refractivity contribution < 1.29 is 9.53 Å². The second-order valence-electron chi connectivity index (χ2n) is 4.94. The van der Waals surface area contributed by atoms with E-state index >= 15 is 0 Å². The number of rotatable bonds is 4. The highest BCUT2D eigenvalue weighted by Crippen LogP contribution is 2.27. The maximum absolute atomic E-state index is 12.3. The molecular weight excluding hydrogens is 228 g/mol. The van der Waals surface area contributed by atoms with Crippen LogP contribution in [-0.4, -0.2) is 36.5 Å².